The highest BCUT2D eigenvalue weighted by atomic mass is 127. The molecule has 0 aliphatic heterocycles. The van der Waals surface area contributed by atoms with E-state index in [9.17, 15) is 0 Å². The maximum atomic E-state index is 5.88. The molecular formula is C25H38IN3O4. The molecule has 0 spiro atoms. The van der Waals surface area contributed by atoms with Crippen molar-refractivity contribution in [3.63, 3.8) is 0 Å². The third-order valence-corrected chi connectivity index (χ3v) is 4.90. The van der Waals surface area contributed by atoms with Gasteiger partial charge in [0, 0.05) is 25.8 Å². The molecule has 2 aromatic rings. The van der Waals surface area contributed by atoms with Crippen molar-refractivity contribution >= 4 is 29.9 Å². The molecule has 7 nitrogen and oxygen atoms in total. The standard InChI is InChI=1S/C25H37N3O4.HI/c1-6-26-25(27-13-7-8-20-10-12-22(30-4)24(17-20)31-5)28-18-21-11-9-19(2)16-23(21)32-15-14-29-3;/h9-12,16-17H,6-8,13-15,18H2,1-5H3,(H2,26,27,28);1H. The molecule has 0 atom stereocenters. The molecule has 0 saturated heterocycles. The van der Waals surface area contributed by atoms with Crippen molar-refractivity contribution in [2.24, 2.45) is 4.99 Å². The third kappa shape index (κ3) is 10.1. The van der Waals surface area contributed by atoms with Crippen LogP contribution in [-0.4, -0.2) is 53.6 Å². The average molecular weight is 572 g/mol. The van der Waals surface area contributed by atoms with Gasteiger partial charge < -0.3 is 29.6 Å². The molecule has 184 valence electrons. The van der Waals surface area contributed by atoms with Gasteiger partial charge >= 0.3 is 0 Å². The van der Waals surface area contributed by atoms with E-state index < -0.39 is 0 Å². The first-order valence-corrected chi connectivity index (χ1v) is 11.1. The van der Waals surface area contributed by atoms with Gasteiger partial charge in [-0.2, -0.15) is 0 Å². The molecule has 0 aliphatic rings. The Morgan fingerprint density at radius 1 is 0.909 bits per heavy atom. The van der Waals surface area contributed by atoms with Crippen LogP contribution in [0.4, 0.5) is 0 Å². The Bertz CT molecular complexity index is 862. The maximum absolute atomic E-state index is 5.88. The van der Waals surface area contributed by atoms with Gasteiger partial charge in [0.25, 0.3) is 0 Å². The predicted molar refractivity (Wildman–Crippen MR) is 145 cm³/mol. The fourth-order valence-electron chi connectivity index (χ4n) is 3.20. The summed E-state index contributed by atoms with van der Waals surface area (Å²) in [4.78, 5) is 4.74. The molecule has 0 aliphatic carbocycles. The molecule has 2 rings (SSSR count). The highest BCUT2D eigenvalue weighted by Crippen LogP contribution is 2.28. The number of aliphatic imine (C=N–C) groups is 1. The van der Waals surface area contributed by atoms with Gasteiger partial charge in [-0.15, -0.1) is 24.0 Å². The Hall–Kier alpha value is -2.20. The lowest BCUT2D eigenvalue weighted by molar-refractivity contribution is 0.145. The molecule has 2 N–H and O–H groups in total. The average Bonchev–Trinajstić information content (AvgIpc) is 2.81. The van der Waals surface area contributed by atoms with Gasteiger partial charge in [-0.3, -0.25) is 0 Å². The summed E-state index contributed by atoms with van der Waals surface area (Å²) in [6.45, 7) is 7.34. The smallest absolute Gasteiger partial charge is 0.191 e. The zero-order valence-corrected chi connectivity index (χ0v) is 22.7. The van der Waals surface area contributed by atoms with Crippen LogP contribution < -0.4 is 24.8 Å². The van der Waals surface area contributed by atoms with E-state index in [4.69, 9.17) is 23.9 Å². The monoisotopic (exact) mass is 571 g/mol. The number of hydrogen-bond acceptors (Lipinski definition) is 5. The topological polar surface area (TPSA) is 73.3 Å². The summed E-state index contributed by atoms with van der Waals surface area (Å²) in [5, 5.41) is 6.73. The Morgan fingerprint density at radius 3 is 2.39 bits per heavy atom. The second-order valence-electron chi connectivity index (χ2n) is 7.37. The van der Waals surface area contributed by atoms with Gasteiger partial charge in [0.2, 0.25) is 0 Å². The summed E-state index contributed by atoms with van der Waals surface area (Å²) in [6.07, 6.45) is 1.90. The van der Waals surface area contributed by atoms with Crippen LogP contribution in [0, 0.1) is 6.92 Å². The van der Waals surface area contributed by atoms with Crippen molar-refractivity contribution in [1.29, 1.82) is 0 Å². The molecule has 0 unspecified atom stereocenters. The van der Waals surface area contributed by atoms with Gasteiger partial charge in [0.05, 0.1) is 27.4 Å². The number of hydrogen-bond donors (Lipinski definition) is 2. The highest BCUT2D eigenvalue weighted by Gasteiger charge is 2.07. The number of halogens is 1. The number of guanidine groups is 1. The van der Waals surface area contributed by atoms with Gasteiger partial charge in [-0.25, -0.2) is 4.99 Å². The lowest BCUT2D eigenvalue weighted by atomic mass is 10.1. The summed E-state index contributed by atoms with van der Waals surface area (Å²) >= 11 is 0. The number of methoxy groups -OCH3 is 3. The molecular weight excluding hydrogens is 533 g/mol. The Morgan fingerprint density at radius 2 is 1.70 bits per heavy atom. The molecule has 8 heteroatoms. The first-order valence-electron chi connectivity index (χ1n) is 11.1. The van der Waals surface area contributed by atoms with Gasteiger partial charge in [0.1, 0.15) is 12.4 Å². The zero-order valence-electron chi connectivity index (χ0n) is 20.4. The van der Waals surface area contributed by atoms with Gasteiger partial charge in [0.15, 0.2) is 17.5 Å². The zero-order chi connectivity index (χ0) is 23.2. The van der Waals surface area contributed by atoms with Crippen molar-refractivity contribution in [3.05, 3.63) is 53.1 Å². The second-order valence-corrected chi connectivity index (χ2v) is 7.37. The molecule has 0 fully saturated rings. The number of benzene rings is 2. The quantitative estimate of drug-likeness (QED) is 0.161. The van der Waals surface area contributed by atoms with E-state index in [0.717, 1.165) is 60.3 Å². The number of aryl methyl sites for hydroxylation is 2. The summed E-state index contributed by atoms with van der Waals surface area (Å²) in [5.41, 5.74) is 3.42. The Balaban J connectivity index is 0.00000544. The van der Waals surface area contributed by atoms with Crippen molar-refractivity contribution in [2.45, 2.75) is 33.2 Å². The first kappa shape index (κ1) is 28.8. The van der Waals surface area contributed by atoms with Crippen molar-refractivity contribution in [2.75, 3.05) is 47.6 Å². The van der Waals surface area contributed by atoms with Crippen LogP contribution in [0.5, 0.6) is 17.2 Å². The predicted octanol–water partition coefficient (Wildman–Crippen LogP) is 4.34. The molecule has 33 heavy (non-hydrogen) atoms. The highest BCUT2D eigenvalue weighted by molar-refractivity contribution is 14.0. The second kappa shape index (κ2) is 16.4. The summed E-state index contributed by atoms with van der Waals surface area (Å²) in [5.74, 6) is 3.16. The van der Waals surface area contributed by atoms with Crippen LogP contribution in [0.2, 0.25) is 0 Å². The molecule has 0 saturated carbocycles. The van der Waals surface area contributed by atoms with Gasteiger partial charge in [-0.05, 0) is 56.0 Å². The first-order chi connectivity index (χ1) is 15.6. The van der Waals surface area contributed by atoms with Crippen molar-refractivity contribution in [1.82, 2.24) is 10.6 Å². The van der Waals surface area contributed by atoms with E-state index in [-0.39, 0.29) is 24.0 Å². The summed E-state index contributed by atoms with van der Waals surface area (Å²) in [7, 11) is 4.98. The molecule has 0 radical (unpaired) electrons. The SMILES string of the molecule is CCNC(=NCc1ccc(C)cc1OCCOC)NCCCc1ccc(OC)c(OC)c1.I. The minimum absolute atomic E-state index is 0. The maximum Gasteiger partial charge on any atom is 0.191 e. The number of rotatable bonds is 13. The molecule has 0 amide bonds. The molecule has 2 aromatic carbocycles. The fourth-order valence-corrected chi connectivity index (χ4v) is 3.20. The van der Waals surface area contributed by atoms with E-state index >= 15 is 0 Å². The van der Waals surface area contributed by atoms with E-state index in [1.54, 1.807) is 21.3 Å². The van der Waals surface area contributed by atoms with Crippen LogP contribution in [0.1, 0.15) is 30.0 Å². The minimum Gasteiger partial charge on any atom is -0.493 e. The van der Waals surface area contributed by atoms with E-state index in [0.29, 0.717) is 19.8 Å². The van der Waals surface area contributed by atoms with Crippen LogP contribution in [-0.2, 0) is 17.7 Å². The fraction of sp³-hybridized carbons (Fsp3) is 0.480. The van der Waals surface area contributed by atoms with Gasteiger partial charge in [-0.1, -0.05) is 18.2 Å². The van der Waals surface area contributed by atoms with Crippen LogP contribution in [0.15, 0.2) is 41.4 Å². The van der Waals surface area contributed by atoms with Crippen molar-refractivity contribution in [3.8, 4) is 17.2 Å². The van der Waals surface area contributed by atoms with Crippen molar-refractivity contribution < 1.29 is 18.9 Å². The van der Waals surface area contributed by atoms with Crippen LogP contribution in [0.25, 0.3) is 0 Å². The normalized spacial score (nSPS) is 10.9. The van der Waals surface area contributed by atoms with Crippen LogP contribution >= 0.6 is 24.0 Å². The molecule has 0 bridgehead atoms. The Labute approximate surface area is 215 Å². The van der Waals surface area contributed by atoms with E-state index in [2.05, 4.69) is 42.7 Å². The summed E-state index contributed by atoms with van der Waals surface area (Å²) in [6, 6.07) is 12.2. The lowest BCUT2D eigenvalue weighted by Crippen LogP contribution is -2.37. The van der Waals surface area contributed by atoms with Crippen LogP contribution in [0.3, 0.4) is 0 Å². The number of nitrogens with zero attached hydrogens (tertiary/aromatic N) is 1. The molecule has 0 aromatic heterocycles. The molecule has 0 heterocycles. The summed E-state index contributed by atoms with van der Waals surface area (Å²) < 4.78 is 21.7. The number of nitrogens with one attached hydrogen (secondary N) is 2. The van der Waals surface area contributed by atoms with E-state index in [1.807, 2.05) is 18.2 Å². The largest absolute Gasteiger partial charge is 0.493 e. The third-order valence-electron chi connectivity index (χ3n) is 4.90. The lowest BCUT2D eigenvalue weighted by Gasteiger charge is -2.14. The Kier molecular flexibility index (Phi) is 14.3. The number of ether oxygens (including phenoxy) is 4. The minimum atomic E-state index is 0. The van der Waals surface area contributed by atoms with E-state index in [1.165, 1.54) is 5.56 Å².